The summed E-state index contributed by atoms with van der Waals surface area (Å²) in [5, 5.41) is 19.6. The van der Waals surface area contributed by atoms with Gasteiger partial charge in [0.05, 0.1) is 0 Å². The van der Waals surface area contributed by atoms with Crippen molar-refractivity contribution in [3.63, 3.8) is 0 Å². The average molecular weight is 371 g/mol. The third-order valence-electron chi connectivity index (χ3n) is 7.10. The summed E-state index contributed by atoms with van der Waals surface area (Å²) in [6.45, 7) is 4.74. The van der Waals surface area contributed by atoms with E-state index in [0.29, 0.717) is 13.0 Å². The van der Waals surface area contributed by atoms with Gasteiger partial charge in [-0.3, -0.25) is 0 Å². The normalized spacial score (nSPS) is 41.7. The highest BCUT2D eigenvalue weighted by Gasteiger charge is 2.65. The molecular weight excluding hydrogens is 342 g/mol. The lowest BCUT2D eigenvalue weighted by Crippen LogP contribution is -2.62. The van der Waals surface area contributed by atoms with Crippen molar-refractivity contribution in [1.29, 1.82) is 0 Å². The molecule has 0 aromatic rings. The van der Waals surface area contributed by atoms with Crippen molar-refractivity contribution in [2.24, 2.45) is 27.4 Å². The molecule has 0 aromatic heterocycles. The molecule has 0 heterocycles. The van der Waals surface area contributed by atoms with Crippen LogP contribution >= 0.6 is 0 Å². The highest BCUT2D eigenvalue weighted by molar-refractivity contribution is 5.16. The second-order valence-corrected chi connectivity index (χ2v) is 9.60. The summed E-state index contributed by atoms with van der Waals surface area (Å²) in [5.41, 5.74) is 6.55. The zero-order chi connectivity index (χ0) is 19.2. The van der Waals surface area contributed by atoms with Gasteiger partial charge in [-0.2, -0.15) is 0 Å². The molecule has 4 aliphatic rings. The molecule has 9 heteroatoms. The minimum absolute atomic E-state index is 0.0721. The minimum atomic E-state index is -0.931. The van der Waals surface area contributed by atoms with Crippen LogP contribution in [0.25, 0.3) is 0 Å². The summed E-state index contributed by atoms with van der Waals surface area (Å²) >= 11 is 0. The van der Waals surface area contributed by atoms with E-state index in [-0.39, 0.29) is 21.7 Å². The second kappa shape index (κ2) is 6.21. The first kappa shape index (κ1) is 19.1. The van der Waals surface area contributed by atoms with E-state index in [9.17, 15) is 20.2 Å². The van der Waals surface area contributed by atoms with E-state index in [1.165, 1.54) is 6.42 Å². The Balaban J connectivity index is 1.87. The molecule has 4 fully saturated rings. The molecule has 0 amide bonds. The molecule has 5 atom stereocenters. The highest BCUT2D eigenvalue weighted by Crippen LogP contribution is 2.75. The fourth-order valence-electron chi connectivity index (χ4n) is 7.54. The molecule has 2 N–H and O–H groups in total. The van der Waals surface area contributed by atoms with Gasteiger partial charge >= 0.3 is 0 Å². The van der Waals surface area contributed by atoms with Crippen molar-refractivity contribution in [3.8, 4) is 0 Å². The summed E-state index contributed by atoms with van der Waals surface area (Å²) < 4.78 is 0. The Bertz CT molecular complexity index is 577. The second-order valence-electron chi connectivity index (χ2n) is 9.60. The van der Waals surface area contributed by atoms with E-state index >= 15 is 0 Å². The maximum Gasteiger partial charge on any atom is 0.294 e. The molecule has 4 bridgehead atoms. The van der Waals surface area contributed by atoms with E-state index in [0.717, 1.165) is 38.5 Å². The number of hydrogen-bond donors (Lipinski definition) is 1. The largest absolute Gasteiger partial charge is 0.330 e. The topological polar surface area (TPSA) is 131 Å². The van der Waals surface area contributed by atoms with Gasteiger partial charge < -0.3 is 15.4 Å². The zero-order valence-electron chi connectivity index (χ0n) is 15.6. The van der Waals surface area contributed by atoms with Crippen molar-refractivity contribution < 1.29 is 19.8 Å². The Morgan fingerprint density at radius 1 is 1.00 bits per heavy atom. The molecule has 4 saturated carbocycles. The van der Waals surface area contributed by atoms with Crippen molar-refractivity contribution >= 4 is 0 Å². The summed E-state index contributed by atoms with van der Waals surface area (Å²) in [4.78, 5) is 30.6. The lowest BCUT2D eigenvalue weighted by atomic mass is 9.35. The lowest BCUT2D eigenvalue weighted by molar-refractivity contribution is -0.790. The molecule has 0 radical (unpaired) electrons. The van der Waals surface area contributed by atoms with Gasteiger partial charge in [-0.25, -0.2) is 0 Å². The molecule has 0 aliphatic heterocycles. The lowest BCUT2D eigenvalue weighted by Gasteiger charge is -2.70. The molecule has 4 aliphatic carbocycles. The van der Waals surface area contributed by atoms with Crippen LogP contribution < -0.4 is 5.73 Å². The fourth-order valence-corrected chi connectivity index (χ4v) is 7.54. The van der Waals surface area contributed by atoms with Crippen LogP contribution in [0.5, 0.6) is 0 Å². The van der Waals surface area contributed by atoms with Crippen molar-refractivity contribution in [1.82, 2.24) is 0 Å². The van der Waals surface area contributed by atoms with Crippen LogP contribution in [0.3, 0.4) is 0 Å². The first-order valence-corrected chi connectivity index (χ1v) is 9.35. The van der Waals surface area contributed by atoms with Crippen LogP contribution in [-0.4, -0.2) is 29.4 Å². The van der Waals surface area contributed by atoms with Gasteiger partial charge in [-0.05, 0) is 73.2 Å². The third-order valence-corrected chi connectivity index (χ3v) is 7.10. The van der Waals surface area contributed by atoms with Gasteiger partial charge in [-0.15, -0.1) is 20.2 Å². The maximum absolute atomic E-state index is 10.9. The Morgan fingerprint density at radius 3 is 2.15 bits per heavy atom. The van der Waals surface area contributed by atoms with E-state index < -0.39 is 22.9 Å². The molecule has 9 nitrogen and oxygen atoms in total. The Morgan fingerprint density at radius 2 is 1.58 bits per heavy atom. The van der Waals surface area contributed by atoms with E-state index in [1.807, 2.05) is 0 Å². The minimum Gasteiger partial charge on any atom is -0.330 e. The van der Waals surface area contributed by atoms with E-state index in [1.54, 1.807) is 0 Å². The molecule has 0 spiro atoms. The van der Waals surface area contributed by atoms with Crippen molar-refractivity contribution in [3.05, 3.63) is 20.2 Å². The first-order chi connectivity index (χ1) is 12.1. The SMILES string of the molecule is CCC12CC3(C)CC(CN)(C1)CC(CC(CO[N+](=O)[O-])O[N+](=O)[O-])(C3)C2. The summed E-state index contributed by atoms with van der Waals surface area (Å²) in [6.07, 6.45) is 6.82. The van der Waals surface area contributed by atoms with Crippen LogP contribution in [0, 0.1) is 41.9 Å². The van der Waals surface area contributed by atoms with E-state index in [4.69, 9.17) is 10.6 Å². The monoisotopic (exact) mass is 371 g/mol. The number of hydrogen-bond acceptors (Lipinski definition) is 7. The van der Waals surface area contributed by atoms with Crippen LogP contribution in [0.15, 0.2) is 0 Å². The predicted octanol–water partition coefficient (Wildman–Crippen LogP) is 2.88. The molecule has 4 rings (SSSR count). The standard InChI is InChI=1S/C17H29N3O6/c1-3-15-6-14(2)7-16(9-15,11-17(8-14,10-15)12-18)4-13(26-20(23)24)5-25-19(21)22/h13H,3-12,18H2,1-2H3. The summed E-state index contributed by atoms with van der Waals surface area (Å²) in [6, 6.07) is 0. The summed E-state index contributed by atoms with van der Waals surface area (Å²) in [5.74, 6) is 0. The Hall–Kier alpha value is -1.64. The smallest absolute Gasteiger partial charge is 0.294 e. The summed E-state index contributed by atoms with van der Waals surface area (Å²) in [7, 11) is 0. The molecular formula is C17H29N3O6. The van der Waals surface area contributed by atoms with E-state index in [2.05, 4.69) is 18.7 Å². The van der Waals surface area contributed by atoms with Gasteiger partial charge in [0.15, 0.2) is 0 Å². The van der Waals surface area contributed by atoms with Crippen LogP contribution in [0.1, 0.15) is 65.2 Å². The molecule has 148 valence electrons. The van der Waals surface area contributed by atoms with Crippen LogP contribution in [0.4, 0.5) is 0 Å². The third kappa shape index (κ3) is 3.45. The zero-order valence-corrected chi connectivity index (χ0v) is 15.6. The average Bonchev–Trinajstić information content (AvgIpc) is 2.49. The van der Waals surface area contributed by atoms with Gasteiger partial charge in [-0.1, -0.05) is 20.3 Å². The quantitative estimate of drug-likeness (QED) is 0.487. The Labute approximate surface area is 152 Å². The van der Waals surface area contributed by atoms with Gasteiger partial charge in [0.1, 0.15) is 12.7 Å². The maximum atomic E-state index is 10.9. The Kier molecular flexibility index (Phi) is 4.57. The van der Waals surface area contributed by atoms with Gasteiger partial charge in [0.2, 0.25) is 0 Å². The number of rotatable bonds is 9. The number of nitrogens with two attached hydrogens (primary N) is 1. The molecule has 5 unspecified atom stereocenters. The van der Waals surface area contributed by atoms with Crippen LogP contribution in [-0.2, 0) is 9.68 Å². The van der Waals surface area contributed by atoms with Gasteiger partial charge in [0.25, 0.3) is 10.2 Å². The fraction of sp³-hybridized carbons (Fsp3) is 1.00. The highest BCUT2D eigenvalue weighted by atomic mass is 17.0. The van der Waals surface area contributed by atoms with Crippen molar-refractivity contribution in [2.75, 3.05) is 13.2 Å². The molecule has 26 heavy (non-hydrogen) atoms. The first-order valence-electron chi connectivity index (χ1n) is 9.35. The number of nitrogens with zero attached hydrogens (tertiary/aromatic N) is 2. The molecule has 0 saturated heterocycles. The van der Waals surface area contributed by atoms with Crippen LogP contribution in [0.2, 0.25) is 0 Å². The molecule has 0 aromatic carbocycles. The van der Waals surface area contributed by atoms with Crippen molar-refractivity contribution in [2.45, 2.75) is 71.3 Å². The van der Waals surface area contributed by atoms with Gasteiger partial charge in [0, 0.05) is 0 Å². The predicted molar refractivity (Wildman–Crippen MR) is 91.9 cm³/mol.